The minimum atomic E-state index is -0.715. The van der Waals surface area contributed by atoms with Crippen LogP contribution in [0.2, 0.25) is 0 Å². The summed E-state index contributed by atoms with van der Waals surface area (Å²) in [5.41, 5.74) is 3.95. The number of aliphatic carboxylic acids is 1. The molecule has 0 spiro atoms. The SMILES string of the molecule is C=C(C)C1CC=C2C(CCC3(C)C(C(CCC=C(C)C)C(=O)OC)CCC23C)C1(C)CCC(=O)O. The third kappa shape index (κ3) is 4.79. The quantitative estimate of drug-likeness (QED) is 0.268. The van der Waals surface area contributed by atoms with Gasteiger partial charge in [0.25, 0.3) is 0 Å². The second kappa shape index (κ2) is 10.3. The lowest BCUT2D eigenvalue weighted by Crippen LogP contribution is -2.52. The number of carbonyl (C=O) groups excluding carboxylic acids is 1. The number of rotatable bonds is 9. The summed E-state index contributed by atoms with van der Waals surface area (Å²) in [5.74, 6) is 0.133. The smallest absolute Gasteiger partial charge is 0.308 e. The van der Waals surface area contributed by atoms with Crippen molar-refractivity contribution in [1.82, 2.24) is 0 Å². The van der Waals surface area contributed by atoms with Gasteiger partial charge >= 0.3 is 11.9 Å². The summed E-state index contributed by atoms with van der Waals surface area (Å²) < 4.78 is 5.33. The zero-order valence-corrected chi connectivity index (χ0v) is 23.2. The minimum absolute atomic E-state index is 0.0217. The van der Waals surface area contributed by atoms with Crippen molar-refractivity contribution in [3.63, 3.8) is 0 Å². The lowest BCUT2D eigenvalue weighted by molar-refractivity contribution is -0.151. The van der Waals surface area contributed by atoms with Crippen LogP contribution in [0.4, 0.5) is 0 Å². The van der Waals surface area contributed by atoms with Gasteiger partial charge in [-0.1, -0.05) is 56.2 Å². The van der Waals surface area contributed by atoms with Gasteiger partial charge in [-0.2, -0.15) is 0 Å². The van der Waals surface area contributed by atoms with Crippen LogP contribution < -0.4 is 0 Å². The maximum Gasteiger partial charge on any atom is 0.308 e. The van der Waals surface area contributed by atoms with Gasteiger partial charge in [-0.15, -0.1) is 0 Å². The van der Waals surface area contributed by atoms with Crippen molar-refractivity contribution < 1.29 is 19.4 Å². The Morgan fingerprint density at radius 3 is 2.46 bits per heavy atom. The number of carboxylic acid groups (broad SMARTS) is 1. The highest BCUT2D eigenvalue weighted by Gasteiger charge is 2.64. The molecule has 0 aromatic carbocycles. The van der Waals surface area contributed by atoms with E-state index in [1.165, 1.54) is 23.8 Å². The number of allylic oxidation sites excluding steroid dienone is 5. The Hall–Kier alpha value is -1.84. The minimum Gasteiger partial charge on any atom is -0.481 e. The van der Waals surface area contributed by atoms with Crippen molar-refractivity contribution in [2.24, 2.45) is 39.9 Å². The second-order valence-electron chi connectivity index (χ2n) is 12.7. The lowest BCUT2D eigenvalue weighted by Gasteiger charge is -2.60. The monoisotopic (exact) mass is 484 g/mol. The highest BCUT2D eigenvalue weighted by atomic mass is 16.5. The number of fused-ring (bicyclic) bond motifs is 3. The highest BCUT2D eigenvalue weighted by Crippen LogP contribution is 2.72. The van der Waals surface area contributed by atoms with Gasteiger partial charge in [0.1, 0.15) is 0 Å². The first-order valence-electron chi connectivity index (χ1n) is 13.6. The topological polar surface area (TPSA) is 63.6 Å². The number of hydrogen-bond acceptors (Lipinski definition) is 3. The first-order valence-corrected chi connectivity index (χ1v) is 13.6. The molecule has 1 N–H and O–H groups in total. The van der Waals surface area contributed by atoms with Crippen LogP contribution >= 0.6 is 0 Å². The van der Waals surface area contributed by atoms with E-state index in [9.17, 15) is 14.7 Å². The summed E-state index contributed by atoms with van der Waals surface area (Å²) >= 11 is 0. The number of methoxy groups -OCH3 is 1. The molecule has 0 radical (unpaired) electrons. The predicted molar refractivity (Wildman–Crippen MR) is 142 cm³/mol. The van der Waals surface area contributed by atoms with Crippen molar-refractivity contribution >= 4 is 11.9 Å². The molecular formula is C31H48O4. The lowest BCUT2D eigenvalue weighted by atomic mass is 9.44. The molecule has 196 valence electrons. The summed E-state index contributed by atoms with van der Waals surface area (Å²) in [6, 6.07) is 0. The van der Waals surface area contributed by atoms with Gasteiger partial charge in [0.05, 0.1) is 13.0 Å². The molecule has 7 atom stereocenters. The van der Waals surface area contributed by atoms with Gasteiger partial charge < -0.3 is 9.84 Å². The van der Waals surface area contributed by atoms with Crippen molar-refractivity contribution in [3.05, 3.63) is 35.5 Å². The molecule has 0 bridgehead atoms. The number of hydrogen-bond donors (Lipinski definition) is 1. The molecule has 3 aliphatic carbocycles. The van der Waals surface area contributed by atoms with Crippen molar-refractivity contribution in [1.29, 1.82) is 0 Å². The van der Waals surface area contributed by atoms with Crippen LogP contribution in [0.3, 0.4) is 0 Å². The molecule has 0 aliphatic heterocycles. The van der Waals surface area contributed by atoms with E-state index in [1.807, 2.05) is 0 Å². The Morgan fingerprint density at radius 2 is 1.89 bits per heavy atom. The van der Waals surface area contributed by atoms with Crippen LogP contribution in [0, 0.1) is 39.9 Å². The van der Waals surface area contributed by atoms with Gasteiger partial charge in [0.2, 0.25) is 0 Å². The molecular weight excluding hydrogens is 436 g/mol. The van der Waals surface area contributed by atoms with Crippen molar-refractivity contribution in [2.45, 2.75) is 99.3 Å². The van der Waals surface area contributed by atoms with Crippen LogP contribution in [0.15, 0.2) is 35.5 Å². The van der Waals surface area contributed by atoms with Crippen LogP contribution in [0.1, 0.15) is 99.3 Å². The van der Waals surface area contributed by atoms with Crippen LogP contribution in [-0.4, -0.2) is 24.2 Å². The molecule has 4 heteroatoms. The maximum absolute atomic E-state index is 13.0. The van der Waals surface area contributed by atoms with Crippen molar-refractivity contribution in [2.75, 3.05) is 7.11 Å². The first-order chi connectivity index (χ1) is 16.3. The summed E-state index contributed by atoms with van der Waals surface area (Å²) in [4.78, 5) is 24.6. The largest absolute Gasteiger partial charge is 0.481 e. The average molecular weight is 485 g/mol. The van der Waals surface area contributed by atoms with E-state index in [-0.39, 0.29) is 34.6 Å². The van der Waals surface area contributed by atoms with Crippen LogP contribution in [0.5, 0.6) is 0 Å². The zero-order chi connectivity index (χ0) is 26.2. The molecule has 3 rings (SSSR count). The fourth-order valence-corrected chi connectivity index (χ4v) is 8.51. The number of carboxylic acids is 1. The van der Waals surface area contributed by atoms with Crippen LogP contribution in [0.25, 0.3) is 0 Å². The summed E-state index contributed by atoms with van der Waals surface area (Å²) in [5, 5.41) is 9.51. The summed E-state index contributed by atoms with van der Waals surface area (Å²) in [6.45, 7) is 17.8. The zero-order valence-electron chi connectivity index (χ0n) is 23.2. The maximum atomic E-state index is 13.0. The van der Waals surface area contributed by atoms with Gasteiger partial charge in [-0.3, -0.25) is 9.59 Å². The molecule has 0 aromatic heterocycles. The van der Waals surface area contributed by atoms with Crippen LogP contribution in [-0.2, 0) is 14.3 Å². The standard InChI is InChI=1S/C31H48O4/c1-20(2)10-9-11-22(28(34)35-8)24-14-18-31(7)26-13-12-23(21(3)4)29(5,17-16-27(32)33)25(26)15-19-30(24,31)6/h10,13,22-25H,3,9,11-12,14-19H2,1-2,4-8H3,(H,32,33). The first kappa shape index (κ1) is 27.7. The number of carbonyl (C=O) groups is 2. The normalized spacial score (nSPS) is 36.9. The Kier molecular flexibility index (Phi) is 8.13. The third-order valence-electron chi connectivity index (χ3n) is 10.7. The Morgan fingerprint density at radius 1 is 1.20 bits per heavy atom. The van der Waals surface area contributed by atoms with Gasteiger partial charge in [0, 0.05) is 6.42 Å². The second-order valence-corrected chi connectivity index (χ2v) is 12.7. The fraction of sp³-hybridized carbons (Fsp3) is 0.742. The van der Waals surface area contributed by atoms with E-state index in [0.29, 0.717) is 24.2 Å². The van der Waals surface area contributed by atoms with E-state index >= 15 is 0 Å². The van der Waals surface area contributed by atoms with E-state index < -0.39 is 5.97 Å². The van der Waals surface area contributed by atoms with E-state index in [2.05, 4.69) is 60.3 Å². The fourth-order valence-electron chi connectivity index (χ4n) is 8.51. The van der Waals surface area contributed by atoms with Crippen molar-refractivity contribution in [3.8, 4) is 0 Å². The number of ether oxygens (including phenoxy) is 1. The van der Waals surface area contributed by atoms with E-state index in [1.54, 1.807) is 0 Å². The third-order valence-corrected chi connectivity index (χ3v) is 10.7. The van der Waals surface area contributed by atoms with E-state index in [4.69, 9.17) is 4.74 Å². The average Bonchev–Trinajstić information content (AvgIpc) is 3.06. The Balaban J connectivity index is 1.98. The summed E-state index contributed by atoms with van der Waals surface area (Å²) in [7, 11) is 1.53. The molecule has 0 saturated heterocycles. The highest BCUT2D eigenvalue weighted by molar-refractivity contribution is 5.73. The predicted octanol–water partition coefficient (Wildman–Crippen LogP) is 7.75. The Bertz CT molecular complexity index is 909. The molecule has 0 amide bonds. The molecule has 0 heterocycles. The number of esters is 1. The molecule has 35 heavy (non-hydrogen) atoms. The van der Waals surface area contributed by atoms with Gasteiger partial charge in [0.15, 0.2) is 0 Å². The molecule has 4 nitrogen and oxygen atoms in total. The molecule has 0 aromatic rings. The Labute approximate surface area is 213 Å². The summed E-state index contributed by atoms with van der Waals surface area (Å²) in [6.07, 6.45) is 12.5. The van der Waals surface area contributed by atoms with Gasteiger partial charge in [-0.05, 0) is 106 Å². The van der Waals surface area contributed by atoms with Gasteiger partial charge in [-0.25, -0.2) is 0 Å². The van der Waals surface area contributed by atoms with E-state index in [0.717, 1.165) is 44.9 Å². The molecule has 2 fully saturated rings. The molecule has 7 unspecified atom stereocenters. The molecule has 2 saturated carbocycles. The molecule has 3 aliphatic rings.